The average molecular weight is 597 g/mol. The van der Waals surface area contributed by atoms with Crippen molar-refractivity contribution in [3.05, 3.63) is 130 Å². The molecule has 7 nitrogen and oxygen atoms in total. The van der Waals surface area contributed by atoms with Gasteiger partial charge in [0.25, 0.3) is 5.91 Å². The topological polar surface area (TPSA) is 115 Å². The molecule has 1 atom stereocenters. The first kappa shape index (κ1) is 29.2. The predicted molar refractivity (Wildman–Crippen MR) is 160 cm³/mol. The minimum Gasteiger partial charge on any atom is -0.480 e. The van der Waals surface area contributed by atoms with E-state index < -0.39 is 35.1 Å². The van der Waals surface area contributed by atoms with Crippen LogP contribution in [-0.2, 0) is 17.8 Å². The number of pyridine rings is 1. The van der Waals surface area contributed by atoms with E-state index in [1.807, 2.05) is 24.3 Å². The Hall–Kier alpha value is -5.33. The summed E-state index contributed by atoms with van der Waals surface area (Å²) < 4.78 is 29.9. The lowest BCUT2D eigenvalue weighted by atomic mass is 9.94. The monoisotopic (exact) mass is 596 g/mol. The first-order valence-corrected chi connectivity index (χ1v) is 13.5. The molecule has 0 unspecified atom stereocenters. The molecule has 0 aliphatic carbocycles. The SMILES string of the molecule is N#Cc1ccc(-c2ccc(C[C@H](NC(=O)c3c(F)cc(CNc4ccccc4)cc3F)C(=O)O)c3cccnc23)c(Cl)c1. The highest BCUT2D eigenvalue weighted by molar-refractivity contribution is 6.33. The van der Waals surface area contributed by atoms with Crippen LogP contribution >= 0.6 is 11.6 Å². The number of hydrogen-bond acceptors (Lipinski definition) is 5. The van der Waals surface area contributed by atoms with Crippen LogP contribution in [0.4, 0.5) is 14.5 Å². The van der Waals surface area contributed by atoms with Gasteiger partial charge in [-0.1, -0.05) is 54.1 Å². The van der Waals surface area contributed by atoms with Crippen LogP contribution in [0, 0.1) is 23.0 Å². The van der Waals surface area contributed by atoms with E-state index in [0.717, 1.165) is 17.8 Å². The first-order valence-electron chi connectivity index (χ1n) is 13.1. The number of carbonyl (C=O) groups excluding carboxylic acids is 1. The summed E-state index contributed by atoms with van der Waals surface area (Å²) in [7, 11) is 0. The highest BCUT2D eigenvalue weighted by atomic mass is 35.5. The Bertz CT molecular complexity index is 1870. The number of benzene rings is 4. The lowest BCUT2D eigenvalue weighted by molar-refractivity contribution is -0.139. The normalized spacial score (nSPS) is 11.5. The zero-order valence-electron chi connectivity index (χ0n) is 22.4. The van der Waals surface area contributed by atoms with Gasteiger partial charge in [-0.05, 0) is 53.6 Å². The molecule has 214 valence electrons. The molecule has 0 spiro atoms. The van der Waals surface area contributed by atoms with Crippen LogP contribution in [0.2, 0.25) is 5.02 Å². The summed E-state index contributed by atoms with van der Waals surface area (Å²) >= 11 is 6.44. The molecule has 1 amide bonds. The van der Waals surface area contributed by atoms with Gasteiger partial charge in [0.2, 0.25) is 0 Å². The second-order valence-electron chi connectivity index (χ2n) is 9.70. The Balaban J connectivity index is 1.38. The summed E-state index contributed by atoms with van der Waals surface area (Å²) in [4.78, 5) is 29.6. The predicted octanol–water partition coefficient (Wildman–Crippen LogP) is 6.74. The summed E-state index contributed by atoms with van der Waals surface area (Å²) in [5.74, 6) is -4.78. The number of aromatic nitrogens is 1. The number of fused-ring (bicyclic) bond motifs is 1. The first-order chi connectivity index (χ1) is 20.7. The van der Waals surface area contributed by atoms with Gasteiger partial charge in [-0.15, -0.1) is 0 Å². The van der Waals surface area contributed by atoms with Crippen LogP contribution < -0.4 is 10.6 Å². The maximum absolute atomic E-state index is 14.9. The van der Waals surface area contributed by atoms with Gasteiger partial charge in [0.15, 0.2) is 0 Å². The Morgan fingerprint density at radius 1 is 0.953 bits per heavy atom. The zero-order valence-corrected chi connectivity index (χ0v) is 23.2. The standard InChI is InChI=1S/C33H23ClF2N4O3/c34-26-13-19(17-37)8-10-24(26)25-11-9-21(23-7-4-12-38-31(23)25)16-29(33(42)43)40-32(41)30-27(35)14-20(15-28(30)36)18-39-22-5-2-1-3-6-22/h1-15,29,39H,16,18H2,(H,40,41)(H,42,43)/t29-/m0/s1. The molecule has 1 heterocycles. The molecular formula is C33H23ClF2N4O3. The van der Waals surface area contributed by atoms with Gasteiger partial charge in [-0.3, -0.25) is 9.78 Å². The van der Waals surface area contributed by atoms with Gasteiger partial charge in [0.05, 0.1) is 17.1 Å². The van der Waals surface area contributed by atoms with Crippen molar-refractivity contribution in [1.82, 2.24) is 10.3 Å². The third-order valence-electron chi connectivity index (χ3n) is 6.88. The van der Waals surface area contributed by atoms with E-state index in [1.165, 1.54) is 0 Å². The maximum Gasteiger partial charge on any atom is 0.326 e. The second-order valence-corrected chi connectivity index (χ2v) is 10.1. The Morgan fingerprint density at radius 2 is 1.67 bits per heavy atom. The summed E-state index contributed by atoms with van der Waals surface area (Å²) in [5, 5.41) is 25.3. The molecular weight excluding hydrogens is 574 g/mol. The number of para-hydroxylation sites is 1. The van der Waals surface area contributed by atoms with Gasteiger partial charge < -0.3 is 15.7 Å². The number of anilines is 1. The fraction of sp³-hybridized carbons (Fsp3) is 0.0909. The molecule has 0 bridgehead atoms. The number of rotatable bonds is 9. The summed E-state index contributed by atoms with van der Waals surface area (Å²) in [5.41, 5.74) is 2.91. The van der Waals surface area contributed by atoms with Gasteiger partial charge in [0, 0.05) is 46.4 Å². The number of amides is 1. The van der Waals surface area contributed by atoms with Crippen molar-refractivity contribution in [3.63, 3.8) is 0 Å². The molecule has 43 heavy (non-hydrogen) atoms. The molecule has 3 N–H and O–H groups in total. The minimum atomic E-state index is -1.50. The summed E-state index contributed by atoms with van der Waals surface area (Å²) in [6.07, 6.45) is 1.39. The Morgan fingerprint density at radius 3 is 2.35 bits per heavy atom. The van der Waals surface area contributed by atoms with E-state index in [9.17, 15) is 23.5 Å². The van der Waals surface area contributed by atoms with Crippen LogP contribution in [0.25, 0.3) is 22.0 Å². The van der Waals surface area contributed by atoms with E-state index in [1.54, 1.807) is 60.8 Å². The number of carbonyl (C=O) groups is 2. The molecule has 0 radical (unpaired) electrons. The maximum atomic E-state index is 14.9. The van der Waals surface area contributed by atoms with Crippen LogP contribution in [0.5, 0.6) is 0 Å². The average Bonchev–Trinajstić information content (AvgIpc) is 3.00. The van der Waals surface area contributed by atoms with Crippen molar-refractivity contribution < 1.29 is 23.5 Å². The molecule has 0 saturated heterocycles. The number of carboxylic acids is 1. The molecule has 4 aromatic carbocycles. The van der Waals surface area contributed by atoms with E-state index in [-0.39, 0.29) is 18.5 Å². The Kier molecular flexibility index (Phi) is 8.60. The van der Waals surface area contributed by atoms with Gasteiger partial charge >= 0.3 is 5.97 Å². The third kappa shape index (κ3) is 6.45. The fourth-order valence-corrected chi connectivity index (χ4v) is 5.07. The van der Waals surface area contributed by atoms with Crippen molar-refractivity contribution in [2.45, 2.75) is 19.0 Å². The lowest BCUT2D eigenvalue weighted by Crippen LogP contribution is -2.43. The van der Waals surface area contributed by atoms with Crippen molar-refractivity contribution >= 4 is 40.1 Å². The van der Waals surface area contributed by atoms with E-state index in [0.29, 0.717) is 38.2 Å². The largest absolute Gasteiger partial charge is 0.480 e. The van der Waals surface area contributed by atoms with Gasteiger partial charge in [-0.25, -0.2) is 13.6 Å². The minimum absolute atomic E-state index is 0.113. The van der Waals surface area contributed by atoms with Crippen LogP contribution in [-0.4, -0.2) is 28.0 Å². The van der Waals surface area contributed by atoms with E-state index in [4.69, 9.17) is 16.9 Å². The van der Waals surface area contributed by atoms with Gasteiger partial charge in [0.1, 0.15) is 23.2 Å². The zero-order chi connectivity index (χ0) is 30.5. The van der Waals surface area contributed by atoms with Crippen LogP contribution in [0.15, 0.2) is 91.1 Å². The van der Waals surface area contributed by atoms with Crippen molar-refractivity contribution in [3.8, 4) is 17.2 Å². The number of carboxylic acid groups (broad SMARTS) is 1. The van der Waals surface area contributed by atoms with Crippen molar-refractivity contribution in [2.24, 2.45) is 0 Å². The number of hydrogen-bond donors (Lipinski definition) is 3. The van der Waals surface area contributed by atoms with Crippen LogP contribution in [0.3, 0.4) is 0 Å². The lowest BCUT2D eigenvalue weighted by Gasteiger charge is -2.18. The molecule has 0 saturated carbocycles. The fourth-order valence-electron chi connectivity index (χ4n) is 4.79. The smallest absolute Gasteiger partial charge is 0.326 e. The molecule has 0 fully saturated rings. The summed E-state index contributed by atoms with van der Waals surface area (Å²) in [6.45, 7) is 0.113. The third-order valence-corrected chi connectivity index (χ3v) is 7.19. The number of halogens is 3. The molecule has 0 aliphatic heterocycles. The van der Waals surface area contributed by atoms with E-state index in [2.05, 4.69) is 15.6 Å². The van der Waals surface area contributed by atoms with Crippen molar-refractivity contribution in [1.29, 1.82) is 5.26 Å². The highest BCUT2D eigenvalue weighted by Crippen LogP contribution is 2.35. The Labute approximate surface area is 250 Å². The molecule has 1 aromatic heterocycles. The molecule has 5 aromatic rings. The number of nitrogens with zero attached hydrogens (tertiary/aromatic N) is 2. The molecule has 10 heteroatoms. The number of nitriles is 1. The summed E-state index contributed by atoms with van der Waals surface area (Å²) in [6, 6.07) is 23.4. The molecule has 5 rings (SSSR count). The van der Waals surface area contributed by atoms with Gasteiger partial charge in [-0.2, -0.15) is 5.26 Å². The van der Waals surface area contributed by atoms with E-state index >= 15 is 0 Å². The number of aliphatic carboxylic acids is 1. The molecule has 0 aliphatic rings. The second kappa shape index (κ2) is 12.7. The highest BCUT2D eigenvalue weighted by Gasteiger charge is 2.26. The quantitative estimate of drug-likeness (QED) is 0.173. The van der Waals surface area contributed by atoms with Crippen molar-refractivity contribution in [2.75, 3.05) is 5.32 Å². The number of nitrogens with one attached hydrogen (secondary N) is 2. The van der Waals surface area contributed by atoms with Crippen LogP contribution in [0.1, 0.15) is 27.0 Å².